The Bertz CT molecular complexity index is 1440. The van der Waals surface area contributed by atoms with Gasteiger partial charge in [-0.1, -0.05) is 11.6 Å². The van der Waals surface area contributed by atoms with Crippen LogP contribution < -0.4 is 36.7 Å². The van der Waals surface area contributed by atoms with Crippen molar-refractivity contribution >= 4 is 52.2 Å². The lowest BCUT2D eigenvalue weighted by Crippen LogP contribution is -2.47. The third-order valence-electron chi connectivity index (χ3n) is 5.88. The first-order chi connectivity index (χ1) is 19.3. The number of halogens is 1. The number of imidazole rings is 1. The Morgan fingerprint density at radius 1 is 1.07 bits per heavy atom. The average molecular weight is 591 g/mol. The van der Waals surface area contributed by atoms with E-state index in [1.165, 1.54) is 0 Å². The molecule has 15 heteroatoms. The fourth-order valence-corrected chi connectivity index (χ4v) is 4.22. The molecule has 3 aromatic rings. The quantitative estimate of drug-likeness (QED) is 0.163. The molecule has 3 amide bonds. The largest absolute Gasteiger partial charge is 0.497 e. The van der Waals surface area contributed by atoms with Crippen LogP contribution in [-0.2, 0) is 29.2 Å². The Labute approximate surface area is 242 Å². The number of carbonyl (C=O) groups is 3. The lowest BCUT2D eigenvalue weighted by molar-refractivity contribution is -0.667. The van der Waals surface area contributed by atoms with Crippen LogP contribution in [0.2, 0.25) is 5.15 Å². The summed E-state index contributed by atoms with van der Waals surface area (Å²) in [7, 11) is 1.57. The fourth-order valence-electron chi connectivity index (χ4n) is 4.09. The molecular weight excluding hydrogens is 554 g/mol. The molecule has 41 heavy (non-hydrogen) atoms. The highest BCUT2D eigenvalue weighted by molar-refractivity contribution is 6.31. The minimum atomic E-state index is -0.601. The van der Waals surface area contributed by atoms with Crippen LogP contribution >= 0.6 is 11.6 Å². The molecule has 7 N–H and O–H groups in total. The smallest absolute Gasteiger partial charge is 0.407 e. The van der Waals surface area contributed by atoms with Crippen LogP contribution in [0.5, 0.6) is 5.75 Å². The van der Waals surface area contributed by atoms with Gasteiger partial charge >= 0.3 is 6.09 Å². The molecule has 0 saturated heterocycles. The van der Waals surface area contributed by atoms with E-state index in [0.717, 1.165) is 11.0 Å². The summed E-state index contributed by atoms with van der Waals surface area (Å²) in [6.45, 7) is 8.57. The molecule has 0 aliphatic heterocycles. The average Bonchev–Trinajstić information content (AvgIpc) is 3.19. The molecule has 0 atom stereocenters. The molecular formula is C26H37ClN9O5+. The number of aryl methyl sites for hydroxylation is 1. The van der Waals surface area contributed by atoms with E-state index in [4.69, 9.17) is 32.5 Å². The molecule has 2 heterocycles. The minimum absolute atomic E-state index is 0.0177. The highest BCUT2D eigenvalue weighted by atomic mass is 35.5. The van der Waals surface area contributed by atoms with Crippen molar-refractivity contribution in [3.05, 3.63) is 34.9 Å². The maximum atomic E-state index is 13.0. The molecule has 0 radical (unpaired) electrons. The van der Waals surface area contributed by atoms with E-state index in [2.05, 4.69) is 25.9 Å². The molecule has 1 aromatic carbocycles. The van der Waals surface area contributed by atoms with Crippen LogP contribution in [0.3, 0.4) is 0 Å². The number of anilines is 2. The second-order valence-corrected chi connectivity index (χ2v) is 10.4. The van der Waals surface area contributed by atoms with E-state index >= 15 is 0 Å². The van der Waals surface area contributed by atoms with E-state index in [1.54, 1.807) is 33.9 Å². The number of fused-ring (bicyclic) bond motifs is 1. The fraction of sp³-hybridized carbons (Fsp3) is 0.462. The van der Waals surface area contributed by atoms with Gasteiger partial charge in [0.05, 0.1) is 13.7 Å². The molecule has 2 aromatic heterocycles. The van der Waals surface area contributed by atoms with Crippen molar-refractivity contribution in [1.82, 2.24) is 30.5 Å². The topological polar surface area (TPSA) is 192 Å². The Kier molecular flexibility index (Phi) is 10.2. The van der Waals surface area contributed by atoms with E-state index < -0.39 is 17.6 Å². The number of nitrogens with zero attached hydrogens (tertiary/aromatic N) is 4. The highest BCUT2D eigenvalue weighted by Gasteiger charge is 2.27. The van der Waals surface area contributed by atoms with Crippen molar-refractivity contribution in [1.29, 1.82) is 0 Å². The number of carbonyl (C=O) groups excluding carboxylic acids is 3. The van der Waals surface area contributed by atoms with Crippen LogP contribution in [0.4, 0.5) is 16.4 Å². The number of aromatic nitrogens is 4. The maximum Gasteiger partial charge on any atom is 0.407 e. The van der Waals surface area contributed by atoms with E-state index in [-0.39, 0.29) is 41.5 Å². The number of amides is 3. The maximum absolute atomic E-state index is 13.0. The lowest BCUT2D eigenvalue weighted by Gasteiger charge is -2.19. The molecule has 0 aliphatic rings. The molecule has 14 nitrogen and oxygen atoms in total. The van der Waals surface area contributed by atoms with Crippen LogP contribution in [0.25, 0.3) is 11.0 Å². The van der Waals surface area contributed by atoms with Gasteiger partial charge in [0.15, 0.2) is 40.1 Å². The Morgan fingerprint density at radius 3 is 2.44 bits per heavy atom. The second kappa shape index (κ2) is 13.4. The Balaban J connectivity index is 1.76. The third kappa shape index (κ3) is 8.10. The summed E-state index contributed by atoms with van der Waals surface area (Å²) < 4.78 is 14.4. The zero-order valence-corrected chi connectivity index (χ0v) is 24.6. The molecule has 0 bridgehead atoms. The summed E-state index contributed by atoms with van der Waals surface area (Å²) in [6, 6.07) is 5.52. The van der Waals surface area contributed by atoms with Crippen LogP contribution in [0, 0.1) is 0 Å². The van der Waals surface area contributed by atoms with Gasteiger partial charge in [0.25, 0.3) is 17.6 Å². The van der Waals surface area contributed by atoms with Crippen molar-refractivity contribution < 1.29 is 28.4 Å². The molecule has 3 rings (SSSR count). The number of ether oxygens (including phenoxy) is 2. The first-order valence-corrected chi connectivity index (χ1v) is 13.4. The van der Waals surface area contributed by atoms with Crippen molar-refractivity contribution in [3.63, 3.8) is 0 Å². The number of nitrogen functional groups attached to an aromatic ring is 2. The van der Waals surface area contributed by atoms with E-state index in [9.17, 15) is 14.4 Å². The SMILES string of the molecule is CCn1c(CNC(=O)c2nc(Cl)c(N)nc2N)[n+](CC(=O)NCCCNC(=O)OC(C)(C)C)c2ccc(OC)cc21. The number of nitrogens with two attached hydrogens (primary N) is 2. The van der Waals surface area contributed by atoms with Gasteiger partial charge in [-0.25, -0.2) is 23.9 Å². The van der Waals surface area contributed by atoms with Gasteiger partial charge < -0.3 is 36.9 Å². The Morgan fingerprint density at radius 2 is 1.78 bits per heavy atom. The van der Waals surface area contributed by atoms with E-state index in [1.807, 2.05) is 28.2 Å². The van der Waals surface area contributed by atoms with Crippen molar-refractivity contribution in [2.45, 2.75) is 59.4 Å². The minimum Gasteiger partial charge on any atom is -0.497 e. The van der Waals surface area contributed by atoms with Crippen molar-refractivity contribution in [2.24, 2.45) is 0 Å². The number of hydrogen-bond donors (Lipinski definition) is 5. The zero-order valence-electron chi connectivity index (χ0n) is 23.8. The number of nitrogens with one attached hydrogen (secondary N) is 3. The number of methoxy groups -OCH3 is 1. The van der Waals surface area contributed by atoms with E-state index in [0.29, 0.717) is 37.6 Å². The van der Waals surface area contributed by atoms with Gasteiger partial charge in [0.1, 0.15) is 17.9 Å². The van der Waals surface area contributed by atoms with Gasteiger partial charge in [-0.15, -0.1) is 0 Å². The summed E-state index contributed by atoms with van der Waals surface area (Å²) in [5.74, 6) is 0.221. The molecule has 0 saturated carbocycles. The third-order valence-corrected chi connectivity index (χ3v) is 6.15. The summed E-state index contributed by atoms with van der Waals surface area (Å²) >= 11 is 5.94. The monoisotopic (exact) mass is 590 g/mol. The van der Waals surface area contributed by atoms with Crippen LogP contribution in [-0.4, -0.2) is 58.2 Å². The number of rotatable bonds is 11. The van der Waals surface area contributed by atoms with Crippen molar-refractivity contribution in [2.75, 3.05) is 31.7 Å². The first-order valence-electron chi connectivity index (χ1n) is 13.0. The predicted octanol–water partition coefficient (Wildman–Crippen LogP) is 1.53. The molecule has 222 valence electrons. The number of hydrogen-bond acceptors (Lipinski definition) is 9. The Hall–Kier alpha value is -4.33. The molecule has 0 unspecified atom stereocenters. The first kappa shape index (κ1) is 31.2. The molecule has 0 fully saturated rings. The van der Waals surface area contributed by atoms with Gasteiger partial charge in [-0.05, 0) is 46.2 Å². The van der Waals surface area contributed by atoms with Gasteiger partial charge in [0, 0.05) is 19.2 Å². The normalized spacial score (nSPS) is 11.3. The number of benzene rings is 1. The summed E-state index contributed by atoms with van der Waals surface area (Å²) in [5.41, 5.74) is 12.3. The number of alkyl carbamates (subject to hydrolysis) is 1. The molecule has 0 aliphatic carbocycles. The van der Waals surface area contributed by atoms with Crippen LogP contribution in [0.15, 0.2) is 18.2 Å². The summed E-state index contributed by atoms with van der Waals surface area (Å²) in [6.07, 6.45) is 0.00174. The van der Waals surface area contributed by atoms with Crippen molar-refractivity contribution in [3.8, 4) is 5.75 Å². The summed E-state index contributed by atoms with van der Waals surface area (Å²) in [5, 5.41) is 8.19. The highest BCUT2D eigenvalue weighted by Crippen LogP contribution is 2.22. The van der Waals surface area contributed by atoms with Gasteiger partial charge in [-0.3, -0.25) is 9.59 Å². The summed E-state index contributed by atoms with van der Waals surface area (Å²) in [4.78, 5) is 45.5. The van der Waals surface area contributed by atoms with Crippen LogP contribution in [0.1, 0.15) is 50.4 Å². The second-order valence-electron chi connectivity index (χ2n) is 10.0. The van der Waals surface area contributed by atoms with Gasteiger partial charge in [0.2, 0.25) is 0 Å². The standard InChI is InChI=1S/C26H36ClN9O5/c1-6-35-17-12-15(40-5)8-9-16(17)36(14-18(37)30-10-7-11-31-25(39)41-26(2,3)4)19(35)13-32-24(38)20-22(28)34-23(29)21(27)33-20/h8-9,12H,6-7,10-11,13-14H2,1-5H3,(H6-,28,29,30,31,32,34,37,38,39)/p+1. The lowest BCUT2D eigenvalue weighted by atomic mass is 10.2. The predicted molar refractivity (Wildman–Crippen MR) is 153 cm³/mol. The molecule has 0 spiro atoms. The van der Waals surface area contributed by atoms with Gasteiger partial charge in [-0.2, -0.15) is 0 Å². The zero-order chi connectivity index (χ0) is 30.3.